The highest BCUT2D eigenvalue weighted by Crippen LogP contribution is 2.16. The lowest BCUT2D eigenvalue weighted by Crippen LogP contribution is -1.97. The van der Waals surface area contributed by atoms with Crippen LogP contribution in [0.3, 0.4) is 0 Å². The lowest BCUT2D eigenvalue weighted by Gasteiger charge is -2.03. The molecule has 2 heterocycles. The summed E-state index contributed by atoms with van der Waals surface area (Å²) < 4.78 is 2.13. The van der Waals surface area contributed by atoms with E-state index in [4.69, 9.17) is 0 Å². The van der Waals surface area contributed by atoms with Crippen LogP contribution in [0.25, 0.3) is 5.52 Å². The van der Waals surface area contributed by atoms with Gasteiger partial charge in [0.25, 0.3) is 0 Å². The maximum atomic E-state index is 9.23. The molecule has 2 aromatic rings. The number of hydrogen-bond acceptors (Lipinski definition) is 2. The molecule has 2 rings (SSSR count). The van der Waals surface area contributed by atoms with E-state index in [-0.39, 0.29) is 6.61 Å². The third-order valence-electron chi connectivity index (χ3n) is 2.63. The first-order chi connectivity index (χ1) is 7.27. The van der Waals surface area contributed by atoms with Gasteiger partial charge < -0.3 is 9.51 Å². The van der Waals surface area contributed by atoms with E-state index in [1.807, 2.05) is 12.1 Å². The fraction of sp³-hybridized carbons (Fsp3) is 0.417. The van der Waals surface area contributed by atoms with Crippen molar-refractivity contribution in [2.75, 3.05) is 0 Å². The number of rotatable bonds is 3. The van der Waals surface area contributed by atoms with Gasteiger partial charge in [0.05, 0.1) is 17.8 Å². The van der Waals surface area contributed by atoms with Crippen molar-refractivity contribution >= 4 is 5.52 Å². The van der Waals surface area contributed by atoms with Gasteiger partial charge in [0.15, 0.2) is 0 Å². The summed E-state index contributed by atoms with van der Waals surface area (Å²) in [6.07, 6.45) is 2.02. The Labute approximate surface area is 89.4 Å². The minimum atomic E-state index is 0.0106. The summed E-state index contributed by atoms with van der Waals surface area (Å²) in [5.74, 6) is 1.05. The summed E-state index contributed by atoms with van der Waals surface area (Å²) in [5, 5.41) is 9.23. The van der Waals surface area contributed by atoms with Crippen molar-refractivity contribution in [3.05, 3.63) is 35.4 Å². The maximum absolute atomic E-state index is 9.23. The van der Waals surface area contributed by atoms with Crippen molar-refractivity contribution in [3.8, 4) is 0 Å². The van der Waals surface area contributed by atoms with Crippen LogP contribution < -0.4 is 0 Å². The molecule has 0 fully saturated rings. The van der Waals surface area contributed by atoms with Gasteiger partial charge in [0, 0.05) is 12.1 Å². The Morgan fingerprint density at radius 2 is 2.20 bits per heavy atom. The zero-order chi connectivity index (χ0) is 10.8. The number of imidazole rings is 1. The Hall–Kier alpha value is -1.35. The second kappa shape index (κ2) is 4.03. The van der Waals surface area contributed by atoms with Gasteiger partial charge in [0.2, 0.25) is 0 Å². The topological polar surface area (TPSA) is 37.5 Å². The third-order valence-corrected chi connectivity index (χ3v) is 2.63. The molecule has 0 saturated heterocycles. The molecule has 80 valence electrons. The SMILES string of the molecule is CCCc1nc(CO)c2cccc(C)n12. The smallest absolute Gasteiger partial charge is 0.113 e. The third kappa shape index (κ3) is 1.63. The van der Waals surface area contributed by atoms with Gasteiger partial charge in [-0.2, -0.15) is 0 Å². The lowest BCUT2D eigenvalue weighted by molar-refractivity contribution is 0.279. The van der Waals surface area contributed by atoms with Gasteiger partial charge in [0.1, 0.15) is 5.82 Å². The van der Waals surface area contributed by atoms with Gasteiger partial charge >= 0.3 is 0 Å². The summed E-state index contributed by atoms with van der Waals surface area (Å²) in [5.41, 5.74) is 2.98. The quantitative estimate of drug-likeness (QED) is 0.831. The Bertz CT molecular complexity index is 474. The number of aryl methyl sites for hydroxylation is 2. The second-order valence-corrected chi connectivity index (χ2v) is 3.77. The largest absolute Gasteiger partial charge is 0.390 e. The number of pyridine rings is 1. The number of aliphatic hydroxyl groups excluding tert-OH is 1. The van der Waals surface area contributed by atoms with Crippen LogP contribution in [-0.2, 0) is 13.0 Å². The molecule has 3 heteroatoms. The zero-order valence-electron chi connectivity index (χ0n) is 9.20. The molecule has 0 bridgehead atoms. The Kier molecular flexibility index (Phi) is 2.73. The van der Waals surface area contributed by atoms with E-state index in [1.54, 1.807) is 0 Å². The lowest BCUT2D eigenvalue weighted by atomic mass is 10.3. The Morgan fingerprint density at radius 1 is 1.40 bits per heavy atom. The van der Waals surface area contributed by atoms with Crippen molar-refractivity contribution in [2.24, 2.45) is 0 Å². The molecule has 15 heavy (non-hydrogen) atoms. The summed E-state index contributed by atoms with van der Waals surface area (Å²) in [7, 11) is 0. The highest BCUT2D eigenvalue weighted by Gasteiger charge is 2.10. The fourth-order valence-corrected chi connectivity index (χ4v) is 1.96. The minimum Gasteiger partial charge on any atom is -0.390 e. The van der Waals surface area contributed by atoms with Gasteiger partial charge in [-0.3, -0.25) is 0 Å². The predicted octanol–water partition coefficient (Wildman–Crippen LogP) is 2.09. The first kappa shape index (κ1) is 10.2. The molecule has 0 aliphatic heterocycles. The van der Waals surface area contributed by atoms with Crippen LogP contribution in [0.5, 0.6) is 0 Å². The standard InChI is InChI=1S/C12H16N2O/c1-3-5-12-13-10(8-15)11-7-4-6-9(2)14(11)12/h4,6-7,15H,3,5,8H2,1-2H3. The highest BCUT2D eigenvalue weighted by atomic mass is 16.3. The average Bonchev–Trinajstić information content (AvgIpc) is 2.59. The summed E-state index contributed by atoms with van der Waals surface area (Å²) in [6, 6.07) is 6.07. The molecule has 0 unspecified atom stereocenters. The van der Waals surface area contributed by atoms with Gasteiger partial charge in [-0.15, -0.1) is 0 Å². The number of nitrogens with zero attached hydrogens (tertiary/aromatic N) is 2. The molecule has 0 aliphatic rings. The van der Waals surface area contributed by atoms with Crippen LogP contribution in [0.4, 0.5) is 0 Å². The van der Waals surface area contributed by atoms with E-state index in [0.717, 1.165) is 29.9 Å². The molecule has 3 nitrogen and oxygen atoms in total. The van der Waals surface area contributed by atoms with E-state index in [1.165, 1.54) is 5.69 Å². The van der Waals surface area contributed by atoms with Gasteiger partial charge in [-0.25, -0.2) is 4.98 Å². The highest BCUT2D eigenvalue weighted by molar-refractivity contribution is 5.54. The van der Waals surface area contributed by atoms with E-state index in [2.05, 4.69) is 29.3 Å². The van der Waals surface area contributed by atoms with Crippen LogP contribution >= 0.6 is 0 Å². The second-order valence-electron chi connectivity index (χ2n) is 3.77. The molecule has 2 aromatic heterocycles. The molecular formula is C12H16N2O. The number of fused-ring (bicyclic) bond motifs is 1. The molecule has 0 aromatic carbocycles. The van der Waals surface area contributed by atoms with Crippen molar-refractivity contribution in [3.63, 3.8) is 0 Å². The normalized spacial score (nSPS) is 11.1. The summed E-state index contributed by atoms with van der Waals surface area (Å²) in [6.45, 7) is 4.21. The molecule has 1 N–H and O–H groups in total. The first-order valence-corrected chi connectivity index (χ1v) is 5.34. The van der Waals surface area contributed by atoms with Gasteiger partial charge in [-0.05, 0) is 25.5 Å². The predicted molar refractivity (Wildman–Crippen MR) is 59.8 cm³/mol. The van der Waals surface area contributed by atoms with E-state index in [9.17, 15) is 5.11 Å². The summed E-state index contributed by atoms with van der Waals surface area (Å²) >= 11 is 0. The van der Waals surface area contributed by atoms with Crippen molar-refractivity contribution in [1.29, 1.82) is 0 Å². The molecule has 0 amide bonds. The van der Waals surface area contributed by atoms with Crippen LogP contribution in [0, 0.1) is 6.92 Å². The molecule has 0 atom stereocenters. The molecular weight excluding hydrogens is 188 g/mol. The number of hydrogen-bond donors (Lipinski definition) is 1. The first-order valence-electron chi connectivity index (χ1n) is 5.34. The van der Waals surface area contributed by atoms with Crippen molar-refractivity contribution in [1.82, 2.24) is 9.38 Å². The minimum absolute atomic E-state index is 0.0106. The van der Waals surface area contributed by atoms with Crippen LogP contribution in [-0.4, -0.2) is 14.5 Å². The van der Waals surface area contributed by atoms with Crippen LogP contribution in [0.15, 0.2) is 18.2 Å². The molecule has 0 aliphatic carbocycles. The maximum Gasteiger partial charge on any atom is 0.113 e. The van der Waals surface area contributed by atoms with Crippen LogP contribution in [0.1, 0.15) is 30.6 Å². The van der Waals surface area contributed by atoms with Crippen LogP contribution in [0.2, 0.25) is 0 Å². The molecule has 0 radical (unpaired) electrons. The van der Waals surface area contributed by atoms with E-state index >= 15 is 0 Å². The Morgan fingerprint density at radius 3 is 2.87 bits per heavy atom. The summed E-state index contributed by atoms with van der Waals surface area (Å²) in [4.78, 5) is 4.47. The van der Waals surface area contributed by atoms with E-state index < -0.39 is 0 Å². The molecule has 0 saturated carbocycles. The number of aromatic nitrogens is 2. The Balaban J connectivity index is 2.70. The monoisotopic (exact) mass is 204 g/mol. The van der Waals surface area contributed by atoms with Gasteiger partial charge in [-0.1, -0.05) is 13.0 Å². The van der Waals surface area contributed by atoms with Crippen molar-refractivity contribution in [2.45, 2.75) is 33.3 Å². The number of aliphatic hydroxyl groups is 1. The fourth-order valence-electron chi connectivity index (χ4n) is 1.96. The molecule has 0 spiro atoms. The zero-order valence-corrected chi connectivity index (χ0v) is 9.20. The average molecular weight is 204 g/mol. The van der Waals surface area contributed by atoms with Crippen molar-refractivity contribution < 1.29 is 5.11 Å². The van der Waals surface area contributed by atoms with E-state index in [0.29, 0.717) is 0 Å².